The number of rotatable bonds is 3. The Kier molecular flexibility index (Phi) is 5.63. The fourth-order valence-electron chi connectivity index (χ4n) is 3.32. The molecule has 2 aliphatic rings. The minimum Gasteiger partial charge on any atom is -0.316 e. The number of thiazole rings is 1. The SMILES string of the molecule is Cc1nc([C@H]2CCCN2CC2CCCNC2)cs1.Cl. The number of aryl methyl sites for hydroxylation is 1. The summed E-state index contributed by atoms with van der Waals surface area (Å²) in [5, 5.41) is 6.99. The van der Waals surface area contributed by atoms with Crippen molar-refractivity contribution in [2.75, 3.05) is 26.2 Å². The van der Waals surface area contributed by atoms with Crippen molar-refractivity contribution in [1.29, 1.82) is 0 Å². The quantitative estimate of drug-likeness (QED) is 0.930. The van der Waals surface area contributed by atoms with Gasteiger partial charge in [0, 0.05) is 11.9 Å². The van der Waals surface area contributed by atoms with Gasteiger partial charge in [0.25, 0.3) is 0 Å². The van der Waals surface area contributed by atoms with E-state index < -0.39 is 0 Å². The zero-order chi connectivity index (χ0) is 12.4. The Morgan fingerprint density at radius 1 is 1.42 bits per heavy atom. The van der Waals surface area contributed by atoms with Crippen LogP contribution >= 0.6 is 23.7 Å². The summed E-state index contributed by atoms with van der Waals surface area (Å²) in [5.41, 5.74) is 1.32. The predicted molar refractivity (Wildman–Crippen MR) is 83.2 cm³/mol. The first-order chi connectivity index (χ1) is 8.83. The highest BCUT2D eigenvalue weighted by Gasteiger charge is 2.29. The van der Waals surface area contributed by atoms with Gasteiger partial charge < -0.3 is 5.32 Å². The number of nitrogens with one attached hydrogen (secondary N) is 1. The molecule has 3 heterocycles. The lowest BCUT2D eigenvalue weighted by Gasteiger charge is -2.30. The maximum atomic E-state index is 4.70. The van der Waals surface area contributed by atoms with E-state index in [0.717, 1.165) is 5.92 Å². The van der Waals surface area contributed by atoms with Gasteiger partial charge in [0.2, 0.25) is 0 Å². The lowest BCUT2D eigenvalue weighted by Crippen LogP contribution is -2.38. The van der Waals surface area contributed by atoms with E-state index >= 15 is 0 Å². The molecule has 0 bridgehead atoms. The molecule has 2 atom stereocenters. The molecule has 0 aliphatic carbocycles. The molecule has 0 radical (unpaired) electrons. The van der Waals surface area contributed by atoms with Crippen LogP contribution in [-0.4, -0.2) is 36.1 Å². The number of nitrogens with zero attached hydrogens (tertiary/aromatic N) is 2. The van der Waals surface area contributed by atoms with Crippen molar-refractivity contribution in [1.82, 2.24) is 15.2 Å². The van der Waals surface area contributed by atoms with Crippen LogP contribution in [-0.2, 0) is 0 Å². The fraction of sp³-hybridized carbons (Fsp3) is 0.786. The third-order valence-electron chi connectivity index (χ3n) is 4.23. The second kappa shape index (κ2) is 7.02. The maximum absolute atomic E-state index is 4.70. The Labute approximate surface area is 126 Å². The third kappa shape index (κ3) is 3.69. The van der Waals surface area contributed by atoms with Crippen LogP contribution in [0.1, 0.15) is 42.4 Å². The smallest absolute Gasteiger partial charge is 0.0898 e. The van der Waals surface area contributed by atoms with Gasteiger partial charge in [0.1, 0.15) is 0 Å². The minimum absolute atomic E-state index is 0. The van der Waals surface area contributed by atoms with Crippen molar-refractivity contribution >= 4 is 23.7 Å². The van der Waals surface area contributed by atoms with Crippen molar-refractivity contribution in [2.45, 2.75) is 38.6 Å². The van der Waals surface area contributed by atoms with E-state index in [-0.39, 0.29) is 12.4 Å². The third-order valence-corrected chi connectivity index (χ3v) is 5.03. The summed E-state index contributed by atoms with van der Waals surface area (Å²) in [7, 11) is 0. The summed E-state index contributed by atoms with van der Waals surface area (Å²) in [6.07, 6.45) is 5.37. The topological polar surface area (TPSA) is 28.2 Å². The van der Waals surface area contributed by atoms with Crippen LogP contribution in [0.3, 0.4) is 0 Å². The Morgan fingerprint density at radius 3 is 3.00 bits per heavy atom. The van der Waals surface area contributed by atoms with Gasteiger partial charge in [-0.3, -0.25) is 4.90 Å². The van der Waals surface area contributed by atoms with Gasteiger partial charge in [-0.2, -0.15) is 0 Å². The van der Waals surface area contributed by atoms with Crippen LogP contribution in [0.15, 0.2) is 5.38 Å². The second-order valence-electron chi connectivity index (χ2n) is 5.66. The number of piperidine rings is 1. The van der Waals surface area contributed by atoms with E-state index in [1.165, 1.54) is 62.6 Å². The summed E-state index contributed by atoms with van der Waals surface area (Å²) in [4.78, 5) is 7.37. The van der Waals surface area contributed by atoms with Crippen molar-refractivity contribution in [3.05, 3.63) is 16.1 Å². The molecule has 0 aromatic carbocycles. The maximum Gasteiger partial charge on any atom is 0.0898 e. The molecule has 19 heavy (non-hydrogen) atoms. The van der Waals surface area contributed by atoms with E-state index in [1.807, 2.05) is 0 Å². The lowest BCUT2D eigenvalue weighted by atomic mass is 9.98. The standard InChI is InChI=1S/C14H23N3S.ClH/c1-11-16-13(10-18-11)14-5-3-7-17(14)9-12-4-2-6-15-8-12;/h10,12,14-15H,2-9H2,1H3;1H/t12?,14-;/m1./s1. The molecule has 1 N–H and O–H groups in total. The summed E-state index contributed by atoms with van der Waals surface area (Å²) in [5.74, 6) is 0.846. The van der Waals surface area contributed by atoms with Gasteiger partial charge >= 0.3 is 0 Å². The molecular weight excluding hydrogens is 278 g/mol. The number of hydrogen-bond acceptors (Lipinski definition) is 4. The lowest BCUT2D eigenvalue weighted by molar-refractivity contribution is 0.193. The van der Waals surface area contributed by atoms with Gasteiger partial charge in [0.05, 0.1) is 16.7 Å². The summed E-state index contributed by atoms with van der Waals surface area (Å²) in [6, 6.07) is 0.594. The van der Waals surface area contributed by atoms with Crippen LogP contribution < -0.4 is 5.32 Å². The zero-order valence-corrected chi connectivity index (χ0v) is 13.2. The second-order valence-corrected chi connectivity index (χ2v) is 6.72. The van der Waals surface area contributed by atoms with Gasteiger partial charge in [-0.1, -0.05) is 0 Å². The zero-order valence-electron chi connectivity index (χ0n) is 11.6. The molecule has 1 unspecified atom stereocenters. The van der Waals surface area contributed by atoms with Crippen molar-refractivity contribution in [3.63, 3.8) is 0 Å². The highest BCUT2D eigenvalue weighted by molar-refractivity contribution is 7.09. The fourth-order valence-corrected chi connectivity index (χ4v) is 3.98. The average molecular weight is 302 g/mol. The summed E-state index contributed by atoms with van der Waals surface area (Å²) in [6.45, 7) is 7.05. The van der Waals surface area contributed by atoms with Crippen molar-refractivity contribution in [2.24, 2.45) is 5.92 Å². The van der Waals surface area contributed by atoms with Gasteiger partial charge in [-0.25, -0.2) is 4.98 Å². The highest BCUT2D eigenvalue weighted by atomic mass is 35.5. The largest absolute Gasteiger partial charge is 0.316 e. The first kappa shape index (κ1) is 15.2. The normalized spacial score (nSPS) is 28.3. The highest BCUT2D eigenvalue weighted by Crippen LogP contribution is 2.33. The van der Waals surface area contributed by atoms with Gasteiger partial charge in [-0.05, 0) is 58.2 Å². The van der Waals surface area contributed by atoms with E-state index in [2.05, 4.69) is 22.5 Å². The van der Waals surface area contributed by atoms with Crippen LogP contribution in [0.5, 0.6) is 0 Å². The van der Waals surface area contributed by atoms with Crippen LogP contribution in [0, 0.1) is 12.8 Å². The van der Waals surface area contributed by atoms with Crippen molar-refractivity contribution < 1.29 is 0 Å². The first-order valence-electron chi connectivity index (χ1n) is 7.20. The monoisotopic (exact) mass is 301 g/mol. The predicted octanol–water partition coefficient (Wildman–Crippen LogP) is 3.01. The minimum atomic E-state index is 0. The number of hydrogen-bond donors (Lipinski definition) is 1. The molecule has 1 aromatic rings. The molecule has 0 amide bonds. The van der Waals surface area contributed by atoms with Crippen molar-refractivity contribution in [3.8, 4) is 0 Å². The van der Waals surface area contributed by atoms with Crippen LogP contribution in [0.4, 0.5) is 0 Å². The van der Waals surface area contributed by atoms with Crippen LogP contribution in [0.2, 0.25) is 0 Å². The number of halogens is 1. The Hall–Kier alpha value is -0.160. The molecule has 2 aliphatic heterocycles. The Morgan fingerprint density at radius 2 is 2.32 bits per heavy atom. The molecule has 3 rings (SSSR count). The molecule has 2 fully saturated rings. The summed E-state index contributed by atoms with van der Waals surface area (Å²) < 4.78 is 0. The summed E-state index contributed by atoms with van der Waals surface area (Å²) >= 11 is 1.79. The van der Waals surface area contributed by atoms with E-state index in [9.17, 15) is 0 Å². The number of aromatic nitrogens is 1. The molecule has 0 saturated carbocycles. The van der Waals surface area contributed by atoms with Gasteiger partial charge in [0.15, 0.2) is 0 Å². The Balaban J connectivity index is 0.00000133. The van der Waals surface area contributed by atoms with E-state index in [4.69, 9.17) is 4.98 Å². The molecule has 1 aromatic heterocycles. The Bertz CT molecular complexity index is 390. The van der Waals surface area contributed by atoms with E-state index in [1.54, 1.807) is 11.3 Å². The molecular formula is C14H24ClN3S. The molecule has 0 spiro atoms. The average Bonchev–Trinajstić information content (AvgIpc) is 2.99. The first-order valence-corrected chi connectivity index (χ1v) is 8.07. The van der Waals surface area contributed by atoms with E-state index in [0.29, 0.717) is 6.04 Å². The molecule has 108 valence electrons. The van der Waals surface area contributed by atoms with Crippen LogP contribution in [0.25, 0.3) is 0 Å². The molecule has 2 saturated heterocycles. The van der Waals surface area contributed by atoms with Gasteiger partial charge in [-0.15, -0.1) is 23.7 Å². The molecule has 3 nitrogen and oxygen atoms in total. The number of likely N-dealkylation sites (tertiary alicyclic amines) is 1. The molecule has 5 heteroatoms.